The highest BCUT2D eigenvalue weighted by atomic mass is 32.2. The summed E-state index contributed by atoms with van der Waals surface area (Å²) in [6.07, 6.45) is -4.15. The van der Waals surface area contributed by atoms with Gasteiger partial charge in [0.25, 0.3) is 11.1 Å². The van der Waals surface area contributed by atoms with Gasteiger partial charge in [0.2, 0.25) is 17.7 Å². The van der Waals surface area contributed by atoms with Crippen molar-refractivity contribution in [2.24, 2.45) is 5.41 Å². The lowest BCUT2D eigenvalue weighted by atomic mass is 9.85. The highest BCUT2D eigenvalue weighted by molar-refractivity contribution is 8.18. The van der Waals surface area contributed by atoms with Crippen LogP contribution in [0.1, 0.15) is 55.1 Å². The van der Waals surface area contributed by atoms with Crippen LogP contribution >= 0.6 is 23.1 Å². The predicted octanol–water partition coefficient (Wildman–Crippen LogP) is 6.75. The van der Waals surface area contributed by atoms with Gasteiger partial charge in [0.15, 0.2) is 11.5 Å². The van der Waals surface area contributed by atoms with Gasteiger partial charge < -0.3 is 58.5 Å². The fourth-order valence-corrected chi connectivity index (χ4v) is 9.81. The molecule has 1 aromatic heterocycles. The number of β-amino-alcohol motifs (C(OH)–C–C–N with tert-alkyl or cyclic N) is 1. The van der Waals surface area contributed by atoms with Crippen molar-refractivity contribution in [1.82, 2.24) is 25.4 Å². The molecule has 25 heteroatoms. The first-order valence-electron chi connectivity index (χ1n) is 25.5. The summed E-state index contributed by atoms with van der Waals surface area (Å²) in [6.45, 7) is 9.85. The summed E-state index contributed by atoms with van der Waals surface area (Å²) < 4.78 is 85.0. The smallest absolute Gasteiger partial charge is 0.420 e. The number of imide groups is 1. The van der Waals surface area contributed by atoms with E-state index in [1.165, 1.54) is 42.4 Å². The van der Waals surface area contributed by atoms with Gasteiger partial charge in [-0.15, -0.1) is 11.3 Å². The van der Waals surface area contributed by atoms with Crippen molar-refractivity contribution in [1.29, 1.82) is 5.26 Å². The molecule has 2 aliphatic heterocycles. The van der Waals surface area contributed by atoms with Crippen LogP contribution in [0.25, 0.3) is 16.5 Å². The third-order valence-electron chi connectivity index (χ3n) is 12.3. The van der Waals surface area contributed by atoms with Crippen LogP contribution in [0.3, 0.4) is 0 Å². The Kier molecular flexibility index (Phi) is 23.8. The molecule has 4 aromatic rings. The molecule has 3 aromatic carbocycles. The number of nitriles is 1. The van der Waals surface area contributed by atoms with E-state index in [-0.39, 0.29) is 94.3 Å². The Bertz CT molecular complexity index is 2820. The van der Waals surface area contributed by atoms with E-state index < -0.39 is 70.0 Å². The van der Waals surface area contributed by atoms with Crippen molar-refractivity contribution < 1.29 is 80.1 Å². The number of aliphatic hydroxyl groups excluding tert-OH is 1. The number of nitrogens with one attached hydrogen (secondary N) is 2. The number of methoxy groups -OCH3 is 1. The molecule has 0 spiro atoms. The summed E-state index contributed by atoms with van der Waals surface area (Å²) in [5.74, 6) is -2.43. The second-order valence-electron chi connectivity index (χ2n) is 19.2. The highest BCUT2D eigenvalue weighted by Crippen LogP contribution is 2.42. The number of alkyl halides is 3. The molecular weight excluding hydrogens is 1090 g/mol. The predicted molar refractivity (Wildman–Crippen MR) is 288 cm³/mol. The summed E-state index contributed by atoms with van der Waals surface area (Å²) in [6, 6.07) is 14.8. The average molecular weight is 1160 g/mol. The maximum Gasteiger partial charge on any atom is 0.420 e. The van der Waals surface area contributed by atoms with E-state index in [1.54, 1.807) is 43.7 Å². The number of aliphatic hydroxyl groups is 1. The molecule has 3 N–H and O–H groups in total. The Morgan fingerprint density at radius 2 is 1.46 bits per heavy atom. The number of likely N-dealkylation sites (tertiary alicyclic amines) is 1. The van der Waals surface area contributed by atoms with Crippen molar-refractivity contribution >= 4 is 58.0 Å². The van der Waals surface area contributed by atoms with Crippen molar-refractivity contribution in [2.45, 2.75) is 65.0 Å². The molecular formula is C55H65F3N6O14S2. The van der Waals surface area contributed by atoms with E-state index >= 15 is 0 Å². The van der Waals surface area contributed by atoms with Crippen LogP contribution in [-0.2, 0) is 60.3 Å². The SMILES string of the molecule is COc1cc(/C=C2\SC(=O)N(CCOCCOCCOCCOCCOCCOCC(=O)N[C@H](C(=O)N3C[C@H](O)CC3C(=O)NCc3ccc(-c4scnc4C)cc3)C(C)(C)C)C2=O)ccc1Oc1ccc(C#N)cc1C(F)(F)F. The number of thiazole rings is 1. The lowest BCUT2D eigenvalue weighted by Crippen LogP contribution is -2.58. The summed E-state index contributed by atoms with van der Waals surface area (Å²) >= 11 is 2.29. The number of rotatable bonds is 30. The van der Waals surface area contributed by atoms with Gasteiger partial charge in [-0.1, -0.05) is 51.1 Å². The first-order valence-corrected chi connectivity index (χ1v) is 27.2. The van der Waals surface area contributed by atoms with Gasteiger partial charge in [0.1, 0.15) is 24.4 Å². The molecule has 0 aliphatic carbocycles. The van der Waals surface area contributed by atoms with Crippen molar-refractivity contribution in [3.8, 4) is 33.8 Å². The molecule has 2 fully saturated rings. The van der Waals surface area contributed by atoms with Gasteiger partial charge >= 0.3 is 6.18 Å². The summed E-state index contributed by atoms with van der Waals surface area (Å²) in [5.41, 5.74) is 3.03. The van der Waals surface area contributed by atoms with Crippen molar-refractivity contribution in [3.05, 3.63) is 99.0 Å². The lowest BCUT2D eigenvalue weighted by Gasteiger charge is -2.35. The zero-order chi connectivity index (χ0) is 57.8. The standard InChI is InChI=1S/C55H65F3N6O14S2/c1-35-48(79-34-61-35)39-10-6-36(7-11-39)31-60-50(67)42-29-40(65)32-64(42)52(69)49(54(2,3)4)62-47(66)33-77-25-24-76-23-22-75-21-20-74-19-18-73-17-16-72-15-14-63-51(68)46(80-53(63)70)28-37-8-13-44(45(27-37)71-5)78-43-12-9-38(30-59)26-41(43)55(56,57)58/h6-13,26-28,34,40,42,49,65H,14-25,29,31-33H2,1-5H3,(H,60,67)(H,62,66)/b46-28-/t40-,42?,49-/m1/s1. The number of carbonyl (C=O) groups excluding carboxylic acids is 5. The minimum Gasteiger partial charge on any atom is -0.493 e. The first kappa shape index (κ1) is 62.7. The van der Waals surface area contributed by atoms with Gasteiger partial charge in [-0.3, -0.25) is 28.9 Å². The Morgan fingerprint density at radius 3 is 2.04 bits per heavy atom. The van der Waals surface area contributed by atoms with E-state index in [9.17, 15) is 42.3 Å². The minimum atomic E-state index is -4.79. The van der Waals surface area contributed by atoms with Crippen LogP contribution in [0.15, 0.2) is 71.1 Å². The van der Waals surface area contributed by atoms with Crippen LogP contribution in [0.2, 0.25) is 0 Å². The summed E-state index contributed by atoms with van der Waals surface area (Å²) in [4.78, 5) is 73.9. The molecule has 2 saturated heterocycles. The number of amides is 5. The Balaban J connectivity index is 0.764. The fourth-order valence-electron chi connectivity index (χ4n) is 8.13. The van der Waals surface area contributed by atoms with E-state index in [4.69, 9.17) is 43.2 Å². The molecule has 20 nitrogen and oxygen atoms in total. The van der Waals surface area contributed by atoms with Gasteiger partial charge in [-0.25, -0.2) is 4.98 Å². The third kappa shape index (κ3) is 18.5. The number of nitrogens with zero attached hydrogens (tertiary/aromatic N) is 4. The quantitative estimate of drug-likeness (QED) is 0.0361. The van der Waals surface area contributed by atoms with E-state index in [2.05, 4.69) is 15.6 Å². The Hall–Kier alpha value is -6.47. The van der Waals surface area contributed by atoms with Crippen LogP contribution in [0.5, 0.6) is 17.2 Å². The molecule has 6 rings (SSSR count). The molecule has 3 atom stereocenters. The van der Waals surface area contributed by atoms with E-state index in [1.807, 2.05) is 31.2 Å². The topological polar surface area (TPSA) is 247 Å². The second-order valence-corrected chi connectivity index (χ2v) is 21.1. The largest absolute Gasteiger partial charge is 0.493 e. The maximum absolute atomic E-state index is 13.9. The molecule has 5 amide bonds. The molecule has 0 radical (unpaired) electrons. The number of aryl methyl sites for hydroxylation is 1. The highest BCUT2D eigenvalue weighted by Gasteiger charge is 2.44. The lowest BCUT2D eigenvalue weighted by molar-refractivity contribution is -0.144. The second kappa shape index (κ2) is 30.4. The zero-order valence-corrected chi connectivity index (χ0v) is 46.6. The van der Waals surface area contributed by atoms with Crippen LogP contribution in [-0.4, -0.2) is 166 Å². The maximum atomic E-state index is 13.9. The first-order chi connectivity index (χ1) is 38.3. The molecule has 0 saturated carbocycles. The number of aromatic nitrogens is 1. The average Bonchev–Trinajstić information content (AvgIpc) is 4.13. The van der Waals surface area contributed by atoms with Gasteiger partial charge in [-0.2, -0.15) is 18.4 Å². The number of hydrogen-bond acceptors (Lipinski definition) is 18. The monoisotopic (exact) mass is 1150 g/mol. The van der Waals surface area contributed by atoms with Gasteiger partial charge in [0.05, 0.1) is 131 Å². The van der Waals surface area contributed by atoms with E-state index in [0.717, 1.165) is 44.4 Å². The van der Waals surface area contributed by atoms with Crippen molar-refractivity contribution in [2.75, 3.05) is 99.5 Å². The molecule has 0 bridgehead atoms. The molecule has 2 aliphatic rings. The Morgan fingerprint density at radius 1 is 0.850 bits per heavy atom. The number of ether oxygens (including phenoxy) is 8. The number of carbonyl (C=O) groups is 5. The Labute approximate surface area is 469 Å². The molecule has 1 unspecified atom stereocenters. The van der Waals surface area contributed by atoms with Gasteiger partial charge in [0, 0.05) is 19.5 Å². The van der Waals surface area contributed by atoms with Gasteiger partial charge in [-0.05, 0) is 77.2 Å². The summed E-state index contributed by atoms with van der Waals surface area (Å²) in [7, 11) is 1.30. The number of hydrogen-bond donors (Lipinski definition) is 3. The number of halogens is 3. The molecule has 432 valence electrons. The van der Waals surface area contributed by atoms with E-state index in [0.29, 0.717) is 44.7 Å². The summed E-state index contributed by atoms with van der Waals surface area (Å²) in [5, 5.41) is 24.8. The normalized spacial score (nSPS) is 16.5. The third-order valence-corrected chi connectivity index (χ3v) is 14.1. The number of thioether (sulfide) groups is 1. The molecule has 3 heterocycles. The van der Waals surface area contributed by atoms with Crippen LogP contribution < -0.4 is 20.1 Å². The minimum absolute atomic E-state index is 0.000146. The van der Waals surface area contributed by atoms with Crippen molar-refractivity contribution in [3.63, 3.8) is 0 Å². The zero-order valence-electron chi connectivity index (χ0n) is 45.0. The van der Waals surface area contributed by atoms with Crippen LogP contribution in [0.4, 0.5) is 18.0 Å². The number of benzene rings is 3. The van der Waals surface area contributed by atoms with Crippen LogP contribution in [0, 0.1) is 23.7 Å². The fraction of sp³-hybridized carbons (Fsp3) is 0.473. The molecule has 80 heavy (non-hydrogen) atoms.